The number of hydrogen-bond acceptors (Lipinski definition) is 16. The van der Waals surface area contributed by atoms with E-state index in [2.05, 4.69) is 92.5 Å². The number of piperazine rings is 2. The van der Waals surface area contributed by atoms with Crippen LogP contribution in [-0.4, -0.2) is 116 Å². The first kappa shape index (κ1) is 45.6. The van der Waals surface area contributed by atoms with Gasteiger partial charge in [0.2, 0.25) is 19.4 Å². The maximum atomic E-state index is 13.0. The lowest BCUT2D eigenvalue weighted by atomic mass is 10.1. The van der Waals surface area contributed by atoms with E-state index in [1.165, 1.54) is 74.6 Å². The lowest BCUT2D eigenvalue weighted by molar-refractivity contribution is 0.102. The Bertz CT molecular complexity index is 2530. The van der Waals surface area contributed by atoms with Gasteiger partial charge in [0.25, 0.3) is 0 Å². The highest BCUT2D eigenvalue weighted by Crippen LogP contribution is 2.37. The Hall–Kier alpha value is -5.55. The van der Waals surface area contributed by atoms with Crippen molar-refractivity contribution >= 4 is 89.9 Å². The molecule has 0 amide bonds. The molecule has 4 fully saturated rings. The van der Waals surface area contributed by atoms with Crippen LogP contribution in [0, 0.1) is 11.8 Å². The number of benzene rings is 4. The van der Waals surface area contributed by atoms with Crippen LogP contribution in [-0.2, 0) is 0 Å². The third kappa shape index (κ3) is 11.9. The summed E-state index contributed by atoms with van der Waals surface area (Å²) in [6, 6.07) is 26.9. The molecular formula is C49H53BrN8O6S2. The summed E-state index contributed by atoms with van der Waals surface area (Å²) in [5.74, 6) is 4.57. The molecule has 4 aliphatic heterocycles. The molecule has 11 rings (SSSR count). The molecule has 344 valence electrons. The van der Waals surface area contributed by atoms with E-state index in [1.54, 1.807) is 36.4 Å². The number of anilines is 5. The van der Waals surface area contributed by atoms with Crippen molar-refractivity contribution in [2.45, 2.75) is 25.7 Å². The van der Waals surface area contributed by atoms with Crippen molar-refractivity contribution < 1.29 is 28.5 Å². The van der Waals surface area contributed by atoms with Gasteiger partial charge in [0, 0.05) is 93.6 Å². The second-order valence-corrected chi connectivity index (χ2v) is 18.9. The summed E-state index contributed by atoms with van der Waals surface area (Å²) in [6.45, 7) is 12.0. The number of ether oxygens (including phenoxy) is 4. The first-order chi connectivity index (χ1) is 32.3. The maximum Gasteiger partial charge on any atom is 0.231 e. The Labute approximate surface area is 402 Å². The fraction of sp³-hybridized carbons (Fsp3) is 0.388. The predicted octanol–water partition coefficient (Wildman–Crippen LogP) is 8.91. The van der Waals surface area contributed by atoms with Crippen molar-refractivity contribution in [3.63, 3.8) is 0 Å². The van der Waals surface area contributed by atoms with Crippen LogP contribution in [0.3, 0.4) is 0 Å². The number of alkyl halides is 1. The fourth-order valence-electron chi connectivity index (χ4n) is 8.24. The Morgan fingerprint density at radius 3 is 1.73 bits per heavy atom. The third-order valence-electron chi connectivity index (χ3n) is 12.4. The van der Waals surface area contributed by atoms with Gasteiger partial charge in [-0.15, -0.1) is 0 Å². The summed E-state index contributed by atoms with van der Waals surface area (Å²) >= 11 is 8.97. The first-order valence-corrected chi connectivity index (χ1v) is 24.8. The van der Waals surface area contributed by atoms with Gasteiger partial charge < -0.3 is 39.8 Å². The van der Waals surface area contributed by atoms with Crippen molar-refractivity contribution in [2.75, 3.05) is 105 Å². The molecule has 5 aromatic rings. The van der Waals surface area contributed by atoms with Gasteiger partial charge >= 0.3 is 0 Å². The number of nitrogens with two attached hydrogens (primary N) is 1. The largest absolute Gasteiger partial charge is 0.454 e. The monoisotopic (exact) mass is 992 g/mol. The SMILES string of the molecule is Nc1nc(Nc2ccc(N3CCN(CC4CC4)CC3)cc2)sc1C(=O)c1ccc2c(c1)OCO2.O=C(CBr)c1ccc2c(c1)OCO2.S=C=Nc1ccc(N2CCN(CC3CC3)CC2)cc1. The number of thiazole rings is 1. The van der Waals surface area contributed by atoms with Crippen molar-refractivity contribution in [1.29, 1.82) is 0 Å². The molecule has 0 bridgehead atoms. The molecule has 5 heterocycles. The number of thiocarbonyl (C=S) groups is 1. The van der Waals surface area contributed by atoms with Crippen LogP contribution in [0.15, 0.2) is 89.9 Å². The van der Waals surface area contributed by atoms with Crippen LogP contribution in [0.1, 0.15) is 51.3 Å². The van der Waals surface area contributed by atoms with Gasteiger partial charge in [-0.05, 0) is 135 Å². The zero-order valence-electron chi connectivity index (χ0n) is 36.7. The quantitative estimate of drug-likeness (QED) is 0.0501. The number of aliphatic imine (C=N–C) groups is 1. The fourth-order valence-corrected chi connectivity index (χ4v) is 9.54. The Morgan fingerprint density at radius 1 is 0.712 bits per heavy atom. The van der Waals surface area contributed by atoms with Gasteiger partial charge in [-0.2, -0.15) is 4.99 Å². The summed E-state index contributed by atoms with van der Waals surface area (Å²) in [7, 11) is 0. The number of isothiocyanates is 1. The van der Waals surface area contributed by atoms with Gasteiger partial charge in [0.05, 0.1) is 16.2 Å². The number of halogens is 1. The second-order valence-electron chi connectivity index (χ2n) is 17.1. The highest BCUT2D eigenvalue weighted by molar-refractivity contribution is 9.09. The smallest absolute Gasteiger partial charge is 0.231 e. The van der Waals surface area contributed by atoms with Gasteiger partial charge in [-0.1, -0.05) is 27.3 Å². The van der Waals surface area contributed by atoms with E-state index in [1.807, 2.05) is 24.3 Å². The van der Waals surface area contributed by atoms with E-state index in [9.17, 15) is 9.59 Å². The summed E-state index contributed by atoms with van der Waals surface area (Å²) in [6.07, 6.45) is 5.71. The van der Waals surface area contributed by atoms with Crippen molar-refractivity contribution in [3.8, 4) is 23.0 Å². The lowest BCUT2D eigenvalue weighted by Crippen LogP contribution is -2.47. The van der Waals surface area contributed by atoms with Crippen molar-refractivity contribution in [2.24, 2.45) is 16.8 Å². The molecule has 1 aromatic heterocycles. The number of hydrogen-bond donors (Lipinski definition) is 2. The molecule has 2 saturated heterocycles. The summed E-state index contributed by atoms with van der Waals surface area (Å²) in [4.78, 5) is 43.1. The van der Waals surface area contributed by atoms with Crippen molar-refractivity contribution in [1.82, 2.24) is 14.8 Å². The highest BCUT2D eigenvalue weighted by atomic mass is 79.9. The van der Waals surface area contributed by atoms with Gasteiger partial charge in [0.15, 0.2) is 33.9 Å². The number of ketones is 2. The van der Waals surface area contributed by atoms with Gasteiger partial charge in [-0.25, -0.2) is 4.98 Å². The number of aromatic nitrogens is 1. The first-order valence-electron chi connectivity index (χ1n) is 22.5. The van der Waals surface area contributed by atoms with Crippen LogP contribution in [0.4, 0.5) is 33.7 Å². The summed E-state index contributed by atoms with van der Waals surface area (Å²) in [5.41, 5.74) is 11.5. The Balaban J connectivity index is 0.000000143. The number of rotatable bonds is 13. The topological polar surface area (TPSA) is 147 Å². The number of carbonyl (C=O) groups excluding carboxylic acids is 2. The van der Waals surface area contributed by atoms with Crippen LogP contribution in [0.5, 0.6) is 23.0 Å². The standard InChI is InChI=1S/C25H27N5O3S.C15H19N3S.C9H7BrO3/c26-24-23(22(31)17-3-8-20-21(13-17)33-15-32-20)34-25(28-24)27-18-4-6-19(7-5-18)30-11-9-29(10-12-30)14-16-1-2-16;19-12-16-14-3-5-15(6-4-14)18-9-7-17(8-10-18)11-13-1-2-13;10-4-7(11)6-1-2-8-9(3-6)13-5-12-8/h3-8,13,16H,1-2,9-12,14-15,26H2,(H,27,28);3-6,13H,1-2,7-11H2;1-3H,4-5H2. The number of nitrogens with zero attached hydrogens (tertiary/aromatic N) is 6. The minimum absolute atomic E-state index is 0.0401. The highest BCUT2D eigenvalue weighted by Gasteiger charge is 2.28. The van der Waals surface area contributed by atoms with Gasteiger partial charge in [-0.3, -0.25) is 19.4 Å². The molecule has 0 unspecified atom stereocenters. The Morgan fingerprint density at radius 2 is 1.21 bits per heavy atom. The molecule has 14 nitrogen and oxygen atoms in total. The van der Waals surface area contributed by atoms with Crippen LogP contribution in [0.2, 0.25) is 0 Å². The van der Waals surface area contributed by atoms with E-state index in [0.29, 0.717) is 49.5 Å². The molecular weight excluding hydrogens is 941 g/mol. The number of carbonyl (C=O) groups is 2. The molecule has 17 heteroatoms. The number of fused-ring (bicyclic) bond motifs is 2. The summed E-state index contributed by atoms with van der Waals surface area (Å²) in [5, 5.41) is 6.60. The van der Waals surface area contributed by atoms with Crippen molar-refractivity contribution in [3.05, 3.63) is 101 Å². The molecule has 4 aromatic carbocycles. The number of nitrogens with one attached hydrogen (secondary N) is 1. The molecule has 2 aliphatic carbocycles. The molecule has 0 spiro atoms. The molecule has 66 heavy (non-hydrogen) atoms. The zero-order chi connectivity index (χ0) is 45.4. The van der Waals surface area contributed by atoms with Crippen LogP contribution >= 0.6 is 39.5 Å². The average Bonchev–Trinajstić information content (AvgIpc) is 4.20. The number of nitrogen functional groups attached to an aromatic ring is 1. The van der Waals surface area contributed by atoms with Crippen LogP contribution in [0.25, 0.3) is 0 Å². The maximum absolute atomic E-state index is 13.0. The second kappa shape index (κ2) is 21.4. The normalized spacial score (nSPS) is 17.5. The molecule has 3 N–H and O–H groups in total. The molecule has 2 saturated carbocycles. The number of Topliss-reactive ketones (excluding diaryl/α,β-unsaturated/α-hetero) is 1. The van der Waals surface area contributed by atoms with E-state index in [4.69, 9.17) is 24.7 Å². The average molecular weight is 994 g/mol. The zero-order valence-corrected chi connectivity index (χ0v) is 39.9. The minimum atomic E-state index is -0.183. The molecule has 0 atom stereocenters. The molecule has 6 aliphatic rings. The van der Waals surface area contributed by atoms with Crippen LogP contribution < -0.4 is 39.8 Å². The third-order valence-corrected chi connectivity index (χ3v) is 13.9. The van der Waals surface area contributed by atoms with Gasteiger partial charge in [0.1, 0.15) is 10.7 Å². The van der Waals surface area contributed by atoms with E-state index < -0.39 is 0 Å². The molecule has 0 radical (unpaired) electrons. The lowest BCUT2D eigenvalue weighted by Gasteiger charge is -2.36. The predicted molar refractivity (Wildman–Crippen MR) is 267 cm³/mol. The summed E-state index contributed by atoms with van der Waals surface area (Å²) < 4.78 is 21.0. The minimum Gasteiger partial charge on any atom is -0.454 e. The van der Waals surface area contributed by atoms with E-state index in [0.717, 1.165) is 62.5 Å². The Kier molecular flexibility index (Phi) is 14.8. The van der Waals surface area contributed by atoms with E-state index in [-0.39, 0.29) is 31.0 Å². The van der Waals surface area contributed by atoms with E-state index >= 15 is 0 Å².